The first-order chi connectivity index (χ1) is 16.5. The van der Waals surface area contributed by atoms with Gasteiger partial charge in [-0.3, -0.25) is 9.78 Å². The minimum Gasteiger partial charge on any atom is -0.391 e. The van der Waals surface area contributed by atoms with Crippen LogP contribution in [0.2, 0.25) is 0 Å². The minimum atomic E-state index is -3.97. The Morgan fingerprint density at radius 3 is 2.37 bits per heavy atom. The molecule has 1 amide bonds. The number of amides is 1. The number of benzene rings is 1. The van der Waals surface area contributed by atoms with Crippen LogP contribution in [-0.4, -0.2) is 48.4 Å². The van der Waals surface area contributed by atoms with E-state index in [0.717, 1.165) is 6.26 Å². The number of pyridine rings is 2. The molecular formula is C23H20F3N3O5S. The molecule has 0 radical (unpaired) electrons. The van der Waals surface area contributed by atoms with Gasteiger partial charge >= 0.3 is 0 Å². The summed E-state index contributed by atoms with van der Waals surface area (Å²) in [5.74, 6) is -5.07. The maximum atomic E-state index is 16.1. The first-order valence-corrected chi connectivity index (χ1v) is 12.3. The second-order valence-electron chi connectivity index (χ2n) is 8.10. The highest BCUT2D eigenvalue weighted by Gasteiger charge is 2.34. The average molecular weight is 507 g/mol. The van der Waals surface area contributed by atoms with Gasteiger partial charge in [-0.15, -0.1) is 0 Å². The zero-order valence-corrected chi connectivity index (χ0v) is 19.2. The van der Waals surface area contributed by atoms with Gasteiger partial charge in [0.25, 0.3) is 5.91 Å². The van der Waals surface area contributed by atoms with Gasteiger partial charge in [0.2, 0.25) is 0 Å². The smallest absolute Gasteiger partial charge is 0.267 e. The fraction of sp³-hybridized carbons (Fsp3) is 0.261. The molecule has 12 heteroatoms. The highest BCUT2D eigenvalue weighted by molar-refractivity contribution is 7.90. The lowest BCUT2D eigenvalue weighted by atomic mass is 9.89. The molecule has 1 aliphatic rings. The molecule has 4 rings (SSSR count). The summed E-state index contributed by atoms with van der Waals surface area (Å²) in [4.78, 5) is 19.6. The number of halogens is 3. The number of carbonyl (C=O) groups excluding carboxylic acids is 1. The van der Waals surface area contributed by atoms with Crippen molar-refractivity contribution in [2.75, 3.05) is 12.9 Å². The quantitative estimate of drug-likeness (QED) is 0.543. The van der Waals surface area contributed by atoms with Crippen LogP contribution < -0.4 is 5.73 Å². The van der Waals surface area contributed by atoms with Gasteiger partial charge in [-0.1, -0.05) is 6.07 Å². The number of hydrogen-bond acceptors (Lipinski definition) is 7. The third-order valence-electron chi connectivity index (χ3n) is 5.61. The van der Waals surface area contributed by atoms with E-state index in [1.807, 2.05) is 0 Å². The molecule has 0 spiro atoms. The van der Waals surface area contributed by atoms with Crippen molar-refractivity contribution in [1.82, 2.24) is 9.97 Å². The van der Waals surface area contributed by atoms with E-state index >= 15 is 4.39 Å². The van der Waals surface area contributed by atoms with Gasteiger partial charge in [-0.2, -0.15) is 0 Å². The molecule has 0 aliphatic carbocycles. The van der Waals surface area contributed by atoms with Crippen LogP contribution in [0, 0.1) is 17.5 Å². The molecule has 8 nitrogen and oxygen atoms in total. The monoisotopic (exact) mass is 507 g/mol. The van der Waals surface area contributed by atoms with Crippen molar-refractivity contribution in [3.8, 4) is 22.4 Å². The molecule has 35 heavy (non-hydrogen) atoms. The van der Waals surface area contributed by atoms with Gasteiger partial charge in [-0.25, -0.2) is 26.6 Å². The molecule has 3 aromatic rings. The summed E-state index contributed by atoms with van der Waals surface area (Å²) in [5, 5.41) is 9.81. The van der Waals surface area contributed by atoms with Crippen LogP contribution in [0.1, 0.15) is 35.0 Å². The number of ether oxygens (including phenoxy) is 1. The predicted octanol–water partition coefficient (Wildman–Crippen LogP) is 2.94. The van der Waals surface area contributed by atoms with E-state index in [2.05, 4.69) is 9.97 Å². The Morgan fingerprint density at radius 2 is 1.86 bits per heavy atom. The number of primary amides is 1. The largest absolute Gasteiger partial charge is 0.391 e. The summed E-state index contributed by atoms with van der Waals surface area (Å²) in [5.41, 5.74) is 3.20. The Morgan fingerprint density at radius 1 is 1.17 bits per heavy atom. The Bertz CT molecular complexity index is 1390. The number of rotatable bonds is 5. The van der Waals surface area contributed by atoms with E-state index in [4.69, 9.17) is 10.5 Å². The van der Waals surface area contributed by atoms with Crippen LogP contribution in [-0.2, 0) is 14.6 Å². The fourth-order valence-electron chi connectivity index (χ4n) is 3.99. The number of nitrogens with two attached hydrogens (primary N) is 1. The Balaban J connectivity index is 2.05. The molecule has 2 atom stereocenters. The first kappa shape index (κ1) is 24.8. The number of aliphatic hydroxyl groups excluding tert-OH is 1. The highest BCUT2D eigenvalue weighted by Crippen LogP contribution is 2.42. The lowest BCUT2D eigenvalue weighted by Crippen LogP contribution is -2.27. The van der Waals surface area contributed by atoms with Crippen LogP contribution in [0.3, 0.4) is 0 Å². The van der Waals surface area contributed by atoms with Gasteiger partial charge in [0, 0.05) is 35.3 Å². The summed E-state index contributed by atoms with van der Waals surface area (Å²) >= 11 is 0. The standard InChI is InChI=1S/C23H20F3N3O5S/c1-35(32,33)13-7-14(24)18(15(25)8-13)21-20(26)19(16-5-4-12(30)10-34-16)17(22(29-21)23(27)31)11-3-2-6-28-9-11/h2-3,6-9,12,16,30H,4-5,10H2,1H3,(H2,27,31). The lowest BCUT2D eigenvalue weighted by Gasteiger charge is -2.29. The van der Waals surface area contributed by atoms with Crippen molar-refractivity contribution >= 4 is 15.7 Å². The van der Waals surface area contributed by atoms with Crippen LogP contribution in [0.4, 0.5) is 13.2 Å². The molecule has 0 saturated carbocycles. The molecule has 1 saturated heterocycles. The van der Waals surface area contributed by atoms with Crippen LogP contribution >= 0.6 is 0 Å². The van der Waals surface area contributed by atoms with Crippen LogP contribution in [0.15, 0.2) is 41.6 Å². The SMILES string of the molecule is CS(=O)(=O)c1cc(F)c(-c2nc(C(N)=O)c(-c3cccnc3)c(C3CCC(O)CO3)c2F)c(F)c1. The topological polar surface area (TPSA) is 132 Å². The summed E-state index contributed by atoms with van der Waals surface area (Å²) in [6.07, 6.45) is 2.14. The van der Waals surface area contributed by atoms with Gasteiger partial charge in [0.05, 0.1) is 29.3 Å². The van der Waals surface area contributed by atoms with E-state index in [1.165, 1.54) is 24.5 Å². The molecular weight excluding hydrogens is 487 g/mol. The minimum absolute atomic E-state index is 0.0539. The van der Waals surface area contributed by atoms with E-state index in [1.54, 1.807) is 0 Å². The number of aliphatic hydroxyl groups is 1. The van der Waals surface area contributed by atoms with Crippen molar-refractivity contribution < 1.29 is 36.2 Å². The normalized spacial score (nSPS) is 18.4. The molecule has 2 aromatic heterocycles. The van der Waals surface area contributed by atoms with Gasteiger partial charge < -0.3 is 15.6 Å². The molecule has 2 unspecified atom stereocenters. The molecule has 1 aliphatic heterocycles. The number of aromatic nitrogens is 2. The summed E-state index contributed by atoms with van der Waals surface area (Å²) in [7, 11) is -3.97. The second kappa shape index (κ2) is 9.36. The zero-order valence-electron chi connectivity index (χ0n) is 18.3. The van der Waals surface area contributed by atoms with Crippen molar-refractivity contribution in [2.45, 2.75) is 29.9 Å². The highest BCUT2D eigenvalue weighted by atomic mass is 32.2. The van der Waals surface area contributed by atoms with E-state index in [0.29, 0.717) is 12.1 Å². The van der Waals surface area contributed by atoms with Crippen molar-refractivity contribution in [1.29, 1.82) is 0 Å². The number of nitrogens with zero attached hydrogens (tertiary/aromatic N) is 2. The Hall–Kier alpha value is -3.35. The summed E-state index contributed by atoms with van der Waals surface area (Å²) in [6.45, 7) is -0.133. The van der Waals surface area contributed by atoms with Crippen molar-refractivity contribution in [2.24, 2.45) is 5.73 Å². The molecule has 1 aromatic carbocycles. The van der Waals surface area contributed by atoms with Gasteiger partial charge in [-0.05, 0) is 31.0 Å². The molecule has 3 heterocycles. The van der Waals surface area contributed by atoms with E-state index in [9.17, 15) is 27.1 Å². The average Bonchev–Trinajstić information content (AvgIpc) is 2.79. The summed E-state index contributed by atoms with van der Waals surface area (Å²) in [6, 6.07) is 4.14. The number of hydrogen-bond donors (Lipinski definition) is 2. The molecule has 184 valence electrons. The van der Waals surface area contributed by atoms with Crippen LogP contribution in [0.5, 0.6) is 0 Å². The second-order valence-corrected chi connectivity index (χ2v) is 10.1. The van der Waals surface area contributed by atoms with E-state index in [-0.39, 0.29) is 36.1 Å². The molecule has 3 N–H and O–H groups in total. The predicted molar refractivity (Wildman–Crippen MR) is 118 cm³/mol. The summed E-state index contributed by atoms with van der Waals surface area (Å²) < 4.78 is 75.2. The fourth-order valence-corrected chi connectivity index (χ4v) is 4.62. The maximum absolute atomic E-state index is 16.1. The Kier molecular flexibility index (Phi) is 6.62. The first-order valence-electron chi connectivity index (χ1n) is 10.4. The number of carbonyl (C=O) groups is 1. The third kappa shape index (κ3) is 4.77. The van der Waals surface area contributed by atoms with Crippen molar-refractivity contribution in [3.63, 3.8) is 0 Å². The van der Waals surface area contributed by atoms with Gasteiger partial charge in [0.15, 0.2) is 15.7 Å². The molecule has 0 bridgehead atoms. The van der Waals surface area contributed by atoms with Gasteiger partial charge in [0.1, 0.15) is 23.0 Å². The van der Waals surface area contributed by atoms with Crippen molar-refractivity contribution in [3.05, 3.63) is 65.4 Å². The molecule has 1 fully saturated rings. The van der Waals surface area contributed by atoms with Crippen LogP contribution in [0.25, 0.3) is 22.4 Å². The zero-order chi connectivity index (χ0) is 25.5. The number of sulfone groups is 1. The van der Waals surface area contributed by atoms with E-state index < -0.39 is 67.3 Å². The third-order valence-corrected chi connectivity index (χ3v) is 6.70. The Labute approximate surface area is 198 Å². The lowest BCUT2D eigenvalue weighted by molar-refractivity contribution is -0.0578. The maximum Gasteiger partial charge on any atom is 0.267 e.